The van der Waals surface area contributed by atoms with Crippen LogP contribution in [0.5, 0.6) is 0 Å². The molecule has 0 aromatic carbocycles. The fraction of sp³-hybridized carbons (Fsp3) is 0. The molecule has 6 nitrogen and oxygen atoms in total. The molecule has 1 N–H and O–H groups in total. The minimum atomic E-state index is 0.291. The largest absolute Gasteiger partial charge is 0.410 e. The fourth-order valence-electron chi connectivity index (χ4n) is 1.10. The summed E-state index contributed by atoms with van der Waals surface area (Å²) >= 11 is 0. The molecule has 2 aromatic rings. The quantitative estimate of drug-likeness (QED) is 0.434. The minimum Gasteiger partial charge on any atom is -0.410 e. The zero-order valence-electron chi connectivity index (χ0n) is 7.65. The lowest BCUT2D eigenvalue weighted by atomic mass is 10.2. The first-order chi connectivity index (χ1) is 7.42. The second kappa shape index (κ2) is 4.23. The molecular formula is C9H7N5O. The molecule has 6 heteroatoms. The number of nitrogens with zero attached hydrogens (tertiary/aromatic N) is 5. The summed E-state index contributed by atoms with van der Waals surface area (Å²) < 4.78 is 0. The normalized spacial score (nSPS) is 9.60. The van der Waals surface area contributed by atoms with Crippen LogP contribution < -0.4 is 0 Å². The lowest BCUT2D eigenvalue weighted by Crippen LogP contribution is -2.08. The lowest BCUT2D eigenvalue weighted by molar-refractivity contribution is 0.319. The van der Waals surface area contributed by atoms with Crippen LogP contribution in [0, 0.1) is 0 Å². The molecule has 15 heavy (non-hydrogen) atoms. The first-order valence-electron chi connectivity index (χ1n) is 4.16. The molecule has 0 saturated carbocycles. The van der Waals surface area contributed by atoms with Crippen LogP contribution in [0.4, 0.5) is 0 Å². The zero-order valence-corrected chi connectivity index (χ0v) is 7.65. The molecule has 0 aliphatic rings. The van der Waals surface area contributed by atoms with Gasteiger partial charge in [0.2, 0.25) is 0 Å². The molecule has 0 bridgehead atoms. The van der Waals surface area contributed by atoms with Crippen molar-refractivity contribution in [3.63, 3.8) is 0 Å². The van der Waals surface area contributed by atoms with Crippen molar-refractivity contribution in [1.29, 1.82) is 0 Å². The Morgan fingerprint density at radius 3 is 1.87 bits per heavy atom. The van der Waals surface area contributed by atoms with Gasteiger partial charge in [-0.15, -0.1) is 0 Å². The summed E-state index contributed by atoms with van der Waals surface area (Å²) in [6, 6.07) is 3.27. The zero-order chi connectivity index (χ0) is 10.5. The molecule has 0 unspecified atom stereocenters. The van der Waals surface area contributed by atoms with Crippen molar-refractivity contribution < 1.29 is 5.21 Å². The van der Waals surface area contributed by atoms with Crippen molar-refractivity contribution in [1.82, 2.24) is 19.9 Å². The van der Waals surface area contributed by atoms with E-state index in [0.29, 0.717) is 17.1 Å². The first-order valence-corrected chi connectivity index (χ1v) is 4.16. The molecule has 0 spiro atoms. The molecule has 2 rings (SSSR count). The van der Waals surface area contributed by atoms with Crippen LogP contribution >= 0.6 is 0 Å². The van der Waals surface area contributed by atoms with Crippen LogP contribution in [0.25, 0.3) is 0 Å². The van der Waals surface area contributed by atoms with Crippen molar-refractivity contribution >= 4 is 5.71 Å². The average molecular weight is 201 g/mol. The molecule has 2 heterocycles. The van der Waals surface area contributed by atoms with Gasteiger partial charge >= 0.3 is 0 Å². The van der Waals surface area contributed by atoms with Crippen LogP contribution in [-0.4, -0.2) is 30.9 Å². The third-order valence-electron chi connectivity index (χ3n) is 1.75. The van der Waals surface area contributed by atoms with Crippen molar-refractivity contribution in [2.24, 2.45) is 5.16 Å². The van der Waals surface area contributed by atoms with Crippen LogP contribution in [0.2, 0.25) is 0 Å². The number of hydrogen-bond acceptors (Lipinski definition) is 6. The standard InChI is InChI=1S/C9H7N5O/c15-14-9(7-1-3-10-5-12-7)8-2-4-11-6-13-8/h1-6,15H. The van der Waals surface area contributed by atoms with E-state index in [4.69, 9.17) is 5.21 Å². The third-order valence-corrected chi connectivity index (χ3v) is 1.75. The van der Waals surface area contributed by atoms with Crippen molar-refractivity contribution in [2.45, 2.75) is 0 Å². The predicted octanol–water partition coefficient (Wildman–Crippen LogP) is 0.493. The summed E-state index contributed by atoms with van der Waals surface area (Å²) in [5, 5.41) is 12.1. The first kappa shape index (κ1) is 9.20. The highest BCUT2D eigenvalue weighted by atomic mass is 16.4. The molecule has 0 atom stereocenters. The summed E-state index contributed by atoms with van der Waals surface area (Å²) in [6.07, 6.45) is 5.88. The molecule has 2 aromatic heterocycles. The summed E-state index contributed by atoms with van der Waals surface area (Å²) in [7, 11) is 0. The van der Waals surface area contributed by atoms with E-state index in [1.807, 2.05) is 0 Å². The van der Waals surface area contributed by atoms with Gasteiger partial charge in [0.05, 0.1) is 11.4 Å². The monoisotopic (exact) mass is 201 g/mol. The molecule has 0 amide bonds. The molecule has 0 radical (unpaired) electrons. The molecule has 0 saturated heterocycles. The topological polar surface area (TPSA) is 84.2 Å². The Labute approximate surface area is 85.4 Å². The summed E-state index contributed by atoms with van der Waals surface area (Å²) in [5.74, 6) is 0. The Hall–Kier alpha value is -2.37. The third kappa shape index (κ3) is 1.93. The Balaban J connectivity index is 2.44. The number of rotatable bonds is 2. The van der Waals surface area contributed by atoms with Gasteiger partial charge in [0.15, 0.2) is 5.71 Å². The number of aromatic nitrogens is 4. The van der Waals surface area contributed by atoms with E-state index < -0.39 is 0 Å². The van der Waals surface area contributed by atoms with E-state index in [0.717, 1.165) is 0 Å². The minimum absolute atomic E-state index is 0.291. The summed E-state index contributed by atoms with van der Waals surface area (Å²) in [5.41, 5.74) is 1.30. The highest BCUT2D eigenvalue weighted by molar-refractivity contribution is 6.09. The molecule has 0 aliphatic heterocycles. The number of hydrogen-bond donors (Lipinski definition) is 1. The van der Waals surface area contributed by atoms with Crippen LogP contribution in [0.15, 0.2) is 42.3 Å². The van der Waals surface area contributed by atoms with E-state index in [1.54, 1.807) is 24.5 Å². The van der Waals surface area contributed by atoms with E-state index in [1.165, 1.54) is 12.7 Å². The van der Waals surface area contributed by atoms with Gasteiger partial charge in [-0.05, 0) is 12.1 Å². The second-order valence-corrected chi connectivity index (χ2v) is 2.64. The van der Waals surface area contributed by atoms with Crippen molar-refractivity contribution in [3.8, 4) is 0 Å². The second-order valence-electron chi connectivity index (χ2n) is 2.64. The molecular weight excluding hydrogens is 194 g/mol. The highest BCUT2D eigenvalue weighted by Crippen LogP contribution is 2.03. The average Bonchev–Trinajstić information content (AvgIpc) is 2.33. The summed E-state index contributed by atoms with van der Waals surface area (Å²) in [4.78, 5) is 15.5. The van der Waals surface area contributed by atoms with Crippen LogP contribution in [0.1, 0.15) is 11.4 Å². The maximum absolute atomic E-state index is 8.90. The van der Waals surface area contributed by atoms with Gasteiger partial charge in [-0.25, -0.2) is 19.9 Å². The van der Waals surface area contributed by atoms with E-state index in [2.05, 4.69) is 25.1 Å². The fourth-order valence-corrected chi connectivity index (χ4v) is 1.10. The van der Waals surface area contributed by atoms with Gasteiger partial charge in [0, 0.05) is 12.4 Å². The Morgan fingerprint density at radius 2 is 1.53 bits per heavy atom. The Bertz CT molecular complexity index is 415. The summed E-state index contributed by atoms with van der Waals surface area (Å²) in [6.45, 7) is 0. The Kier molecular flexibility index (Phi) is 2.59. The van der Waals surface area contributed by atoms with Gasteiger partial charge in [0.1, 0.15) is 12.7 Å². The van der Waals surface area contributed by atoms with Crippen molar-refractivity contribution in [3.05, 3.63) is 48.6 Å². The van der Waals surface area contributed by atoms with Gasteiger partial charge in [-0.1, -0.05) is 5.16 Å². The van der Waals surface area contributed by atoms with E-state index in [9.17, 15) is 0 Å². The van der Waals surface area contributed by atoms with Crippen molar-refractivity contribution in [2.75, 3.05) is 0 Å². The van der Waals surface area contributed by atoms with Gasteiger partial charge in [-0.2, -0.15) is 0 Å². The maximum atomic E-state index is 8.90. The Morgan fingerprint density at radius 1 is 1.00 bits per heavy atom. The van der Waals surface area contributed by atoms with Crippen LogP contribution in [-0.2, 0) is 0 Å². The van der Waals surface area contributed by atoms with Gasteiger partial charge in [-0.3, -0.25) is 0 Å². The molecule has 74 valence electrons. The van der Waals surface area contributed by atoms with Crippen LogP contribution in [0.3, 0.4) is 0 Å². The van der Waals surface area contributed by atoms with E-state index >= 15 is 0 Å². The van der Waals surface area contributed by atoms with Gasteiger partial charge < -0.3 is 5.21 Å². The lowest BCUT2D eigenvalue weighted by Gasteiger charge is -2.00. The van der Waals surface area contributed by atoms with Gasteiger partial charge in [0.25, 0.3) is 0 Å². The smallest absolute Gasteiger partial charge is 0.154 e. The van der Waals surface area contributed by atoms with E-state index in [-0.39, 0.29) is 0 Å². The predicted molar refractivity (Wildman–Crippen MR) is 51.5 cm³/mol. The number of oxime groups is 1. The molecule has 0 fully saturated rings. The maximum Gasteiger partial charge on any atom is 0.154 e. The SMILES string of the molecule is ON=C(c1ccncn1)c1ccncn1. The molecule has 0 aliphatic carbocycles. The highest BCUT2D eigenvalue weighted by Gasteiger charge is 2.09.